The molecule has 1 atom stereocenters. The minimum atomic E-state index is -0.243. The number of hydrogen-bond donors (Lipinski definition) is 1. The van der Waals surface area contributed by atoms with Gasteiger partial charge >= 0.3 is 0 Å². The van der Waals surface area contributed by atoms with Gasteiger partial charge in [0.05, 0.1) is 0 Å². The fraction of sp³-hybridized carbons (Fsp3) is 0.375. The number of amides is 1. The Hall–Kier alpha value is -2.30. The smallest absolute Gasteiger partial charge is 0.271 e. The van der Waals surface area contributed by atoms with Gasteiger partial charge in [0.1, 0.15) is 0 Å². The van der Waals surface area contributed by atoms with Gasteiger partial charge in [-0.2, -0.15) is 5.10 Å². The Labute approximate surface area is 123 Å². The van der Waals surface area contributed by atoms with E-state index in [9.17, 15) is 4.79 Å². The van der Waals surface area contributed by atoms with Gasteiger partial charge in [0.15, 0.2) is 11.5 Å². The molecule has 0 aromatic heterocycles. The number of nitrogens with zero attached hydrogens (tertiary/aromatic N) is 1. The highest BCUT2D eigenvalue weighted by molar-refractivity contribution is 5.95. The third kappa shape index (κ3) is 3.24. The maximum Gasteiger partial charge on any atom is 0.271 e. The molecule has 0 saturated heterocycles. The molecule has 1 aromatic rings. The summed E-state index contributed by atoms with van der Waals surface area (Å²) in [4.78, 5) is 12.0. The number of ether oxygens (including phenoxy) is 2. The molecular formula is C16H18N2O3. The number of benzene rings is 1. The van der Waals surface area contributed by atoms with E-state index in [0.29, 0.717) is 23.0 Å². The van der Waals surface area contributed by atoms with Crippen LogP contribution >= 0.6 is 0 Å². The maximum absolute atomic E-state index is 12.0. The average Bonchev–Trinajstić information content (AvgIpc) is 2.96. The van der Waals surface area contributed by atoms with Gasteiger partial charge in [-0.15, -0.1) is 0 Å². The SMILES string of the molecule is CC1=CCC(/C=N\NC(=O)c2ccc3c(c2)OCO3)CC1. The quantitative estimate of drug-likeness (QED) is 0.528. The van der Waals surface area contributed by atoms with Crippen molar-refractivity contribution in [2.75, 3.05) is 6.79 Å². The van der Waals surface area contributed by atoms with E-state index in [1.165, 1.54) is 5.57 Å². The molecule has 21 heavy (non-hydrogen) atoms. The van der Waals surface area contributed by atoms with Gasteiger partial charge in [-0.3, -0.25) is 4.79 Å². The van der Waals surface area contributed by atoms with Crippen molar-refractivity contribution >= 4 is 12.1 Å². The zero-order chi connectivity index (χ0) is 14.7. The van der Waals surface area contributed by atoms with Crippen LogP contribution in [0.1, 0.15) is 36.5 Å². The molecule has 5 heteroatoms. The van der Waals surface area contributed by atoms with Crippen molar-refractivity contribution in [2.24, 2.45) is 11.0 Å². The molecule has 0 radical (unpaired) electrons. The molecule has 2 aliphatic rings. The molecule has 1 aliphatic heterocycles. The number of allylic oxidation sites excluding steroid dienone is 2. The molecule has 0 saturated carbocycles. The Morgan fingerprint density at radius 1 is 1.38 bits per heavy atom. The van der Waals surface area contributed by atoms with Crippen LogP contribution in [0.2, 0.25) is 0 Å². The van der Waals surface area contributed by atoms with Crippen LogP contribution in [0.3, 0.4) is 0 Å². The topological polar surface area (TPSA) is 59.9 Å². The molecule has 110 valence electrons. The molecule has 1 unspecified atom stereocenters. The van der Waals surface area contributed by atoms with Gasteiger partial charge in [0, 0.05) is 11.8 Å². The number of fused-ring (bicyclic) bond motifs is 1. The first-order valence-electron chi connectivity index (χ1n) is 7.11. The Morgan fingerprint density at radius 3 is 3.05 bits per heavy atom. The van der Waals surface area contributed by atoms with E-state index in [4.69, 9.17) is 9.47 Å². The first-order valence-corrected chi connectivity index (χ1v) is 7.11. The second-order valence-corrected chi connectivity index (χ2v) is 5.37. The second-order valence-electron chi connectivity index (χ2n) is 5.37. The van der Waals surface area contributed by atoms with E-state index < -0.39 is 0 Å². The van der Waals surface area contributed by atoms with E-state index in [0.717, 1.165) is 19.3 Å². The van der Waals surface area contributed by atoms with Crippen molar-refractivity contribution in [1.29, 1.82) is 0 Å². The molecule has 3 rings (SSSR count). The van der Waals surface area contributed by atoms with Crippen molar-refractivity contribution in [3.8, 4) is 11.5 Å². The summed E-state index contributed by atoms with van der Waals surface area (Å²) >= 11 is 0. The summed E-state index contributed by atoms with van der Waals surface area (Å²) in [5, 5.41) is 4.06. The van der Waals surface area contributed by atoms with E-state index >= 15 is 0 Å². The third-order valence-electron chi connectivity index (χ3n) is 3.76. The van der Waals surface area contributed by atoms with Crippen LogP contribution < -0.4 is 14.9 Å². The second kappa shape index (κ2) is 5.99. The summed E-state index contributed by atoms with van der Waals surface area (Å²) < 4.78 is 10.5. The van der Waals surface area contributed by atoms with Gasteiger partial charge in [0.2, 0.25) is 6.79 Å². The lowest BCUT2D eigenvalue weighted by Crippen LogP contribution is -2.19. The Balaban J connectivity index is 1.57. The van der Waals surface area contributed by atoms with Crippen molar-refractivity contribution in [1.82, 2.24) is 5.43 Å². The van der Waals surface area contributed by atoms with Crippen molar-refractivity contribution in [2.45, 2.75) is 26.2 Å². The fourth-order valence-electron chi connectivity index (χ4n) is 2.42. The largest absolute Gasteiger partial charge is 0.454 e. The molecule has 1 N–H and O–H groups in total. The minimum Gasteiger partial charge on any atom is -0.454 e. The van der Waals surface area contributed by atoms with Gasteiger partial charge < -0.3 is 9.47 Å². The van der Waals surface area contributed by atoms with Crippen molar-refractivity contribution in [3.63, 3.8) is 0 Å². The Kier molecular flexibility index (Phi) is 3.90. The molecule has 1 aliphatic carbocycles. The van der Waals surface area contributed by atoms with Crippen molar-refractivity contribution in [3.05, 3.63) is 35.4 Å². The summed E-state index contributed by atoms with van der Waals surface area (Å²) in [7, 11) is 0. The van der Waals surface area contributed by atoms with Gasteiger partial charge in [-0.1, -0.05) is 11.6 Å². The lowest BCUT2D eigenvalue weighted by Gasteiger charge is -2.15. The van der Waals surface area contributed by atoms with E-state index in [1.54, 1.807) is 18.2 Å². The normalized spacial score (nSPS) is 20.4. The number of nitrogens with one attached hydrogen (secondary N) is 1. The number of carbonyl (C=O) groups is 1. The van der Waals surface area contributed by atoms with E-state index in [1.807, 2.05) is 6.21 Å². The van der Waals surface area contributed by atoms with Crippen molar-refractivity contribution < 1.29 is 14.3 Å². The van der Waals surface area contributed by atoms with Crippen LogP contribution in [-0.2, 0) is 0 Å². The zero-order valence-electron chi connectivity index (χ0n) is 12.0. The summed E-state index contributed by atoms with van der Waals surface area (Å²) in [6.45, 7) is 2.35. The fourth-order valence-corrected chi connectivity index (χ4v) is 2.42. The molecule has 1 aromatic carbocycles. The van der Waals surface area contributed by atoms with E-state index in [2.05, 4.69) is 23.5 Å². The van der Waals surface area contributed by atoms with Crippen LogP contribution in [0.5, 0.6) is 11.5 Å². The van der Waals surface area contributed by atoms with E-state index in [-0.39, 0.29) is 12.7 Å². The summed E-state index contributed by atoms with van der Waals surface area (Å²) in [6.07, 6.45) is 7.25. The lowest BCUT2D eigenvalue weighted by molar-refractivity contribution is 0.0954. The van der Waals surface area contributed by atoms with Crippen LogP contribution in [0.15, 0.2) is 34.9 Å². The van der Waals surface area contributed by atoms with Gasteiger partial charge in [-0.25, -0.2) is 5.43 Å². The van der Waals surface area contributed by atoms with Crippen LogP contribution in [-0.4, -0.2) is 18.9 Å². The highest BCUT2D eigenvalue weighted by atomic mass is 16.7. The van der Waals surface area contributed by atoms with Gasteiger partial charge in [-0.05, 0) is 50.3 Å². The lowest BCUT2D eigenvalue weighted by atomic mass is 9.91. The average molecular weight is 286 g/mol. The first-order chi connectivity index (χ1) is 10.2. The van der Waals surface area contributed by atoms with Gasteiger partial charge in [0.25, 0.3) is 5.91 Å². The highest BCUT2D eigenvalue weighted by Gasteiger charge is 2.16. The van der Waals surface area contributed by atoms with Crippen LogP contribution in [0, 0.1) is 5.92 Å². The highest BCUT2D eigenvalue weighted by Crippen LogP contribution is 2.32. The summed E-state index contributed by atoms with van der Waals surface area (Å²) in [6, 6.07) is 5.10. The predicted molar refractivity (Wildman–Crippen MR) is 79.6 cm³/mol. The number of hydrazone groups is 1. The molecule has 0 spiro atoms. The third-order valence-corrected chi connectivity index (χ3v) is 3.76. The van der Waals surface area contributed by atoms with Crippen LogP contribution in [0.25, 0.3) is 0 Å². The number of carbonyl (C=O) groups excluding carboxylic acids is 1. The molecule has 0 fully saturated rings. The molecule has 1 amide bonds. The zero-order valence-corrected chi connectivity index (χ0v) is 12.0. The number of rotatable bonds is 3. The monoisotopic (exact) mass is 286 g/mol. The summed E-state index contributed by atoms with van der Waals surface area (Å²) in [5.41, 5.74) is 4.51. The first kappa shape index (κ1) is 13.7. The number of hydrogen-bond acceptors (Lipinski definition) is 4. The minimum absolute atomic E-state index is 0.202. The Morgan fingerprint density at radius 2 is 2.24 bits per heavy atom. The maximum atomic E-state index is 12.0. The molecule has 1 heterocycles. The summed E-state index contributed by atoms with van der Waals surface area (Å²) in [5.74, 6) is 1.43. The predicted octanol–water partition coefficient (Wildman–Crippen LogP) is 2.88. The standard InChI is InChI=1S/C16H18N2O3/c1-11-2-4-12(5-3-11)9-17-18-16(19)13-6-7-14-15(8-13)21-10-20-14/h2,6-9,12H,3-5,10H2,1H3,(H,18,19)/b17-9-. The molecular weight excluding hydrogens is 268 g/mol. The molecule has 0 bridgehead atoms. The Bertz CT molecular complexity index is 608. The van der Waals surface area contributed by atoms with Crippen LogP contribution in [0.4, 0.5) is 0 Å². The molecule has 5 nitrogen and oxygen atoms in total.